The van der Waals surface area contributed by atoms with Gasteiger partial charge in [0, 0.05) is 5.69 Å². The molecular weight excluding hydrogens is 375 g/mol. The Balaban J connectivity index is 2.69. The summed E-state index contributed by atoms with van der Waals surface area (Å²) in [4.78, 5) is 12.8. The lowest BCUT2D eigenvalue weighted by atomic mass is 10.3. The summed E-state index contributed by atoms with van der Waals surface area (Å²) in [6, 6.07) is 7.62. The van der Waals surface area contributed by atoms with Gasteiger partial charge < -0.3 is 14.2 Å². The summed E-state index contributed by atoms with van der Waals surface area (Å²) < 4.78 is 31.9. The van der Waals surface area contributed by atoms with Crippen molar-refractivity contribution in [1.82, 2.24) is 4.57 Å². The molecule has 0 saturated carbocycles. The van der Waals surface area contributed by atoms with Gasteiger partial charge in [0.1, 0.15) is 11.9 Å². The fourth-order valence-electron chi connectivity index (χ4n) is 2.77. The zero-order valence-electron chi connectivity index (χ0n) is 17.2. The summed E-state index contributed by atoms with van der Waals surface area (Å²) in [7, 11) is 0. The summed E-state index contributed by atoms with van der Waals surface area (Å²) in [5.74, 6) is -0.653. The molecule has 0 saturated heterocycles. The smallest absolute Gasteiger partial charge is 0.359 e. The number of nitrogens with zero attached hydrogens (tertiary/aromatic N) is 2. The predicted molar refractivity (Wildman–Crippen MR) is 107 cm³/mol. The molecule has 2 rings (SSSR count). The molecule has 0 atom stereocenters. The topological polar surface area (TPSA) is 73.5 Å². The average Bonchev–Trinajstić information content (AvgIpc) is 3.02. The first-order chi connectivity index (χ1) is 14.1. The third-order valence-electron chi connectivity index (χ3n) is 4.23. The van der Waals surface area contributed by atoms with Crippen LogP contribution in [0.3, 0.4) is 0 Å². The highest BCUT2D eigenvalue weighted by Gasteiger charge is 2.32. The maximum atomic E-state index is 13.4. The molecule has 0 bridgehead atoms. The molecule has 0 aliphatic carbocycles. The van der Waals surface area contributed by atoms with Gasteiger partial charge in [-0.25, -0.2) is 9.18 Å². The van der Waals surface area contributed by atoms with E-state index in [-0.39, 0.29) is 29.5 Å². The van der Waals surface area contributed by atoms with Crippen molar-refractivity contribution in [3.8, 4) is 23.3 Å². The van der Waals surface area contributed by atoms with Crippen LogP contribution < -0.4 is 9.47 Å². The van der Waals surface area contributed by atoms with Crippen molar-refractivity contribution in [3.05, 3.63) is 41.5 Å². The molecule has 0 amide bonds. The van der Waals surface area contributed by atoms with Crippen molar-refractivity contribution in [2.75, 3.05) is 19.8 Å². The zero-order valence-corrected chi connectivity index (χ0v) is 17.2. The van der Waals surface area contributed by atoms with E-state index in [0.717, 1.165) is 25.7 Å². The second kappa shape index (κ2) is 11.1. The Hall–Kier alpha value is -3.01. The maximum Gasteiger partial charge on any atom is 0.359 e. The van der Waals surface area contributed by atoms with Crippen LogP contribution in [0.5, 0.6) is 11.5 Å². The first-order valence-corrected chi connectivity index (χ1v) is 9.96. The number of carbonyl (C=O) groups is 1. The molecule has 156 valence electrons. The number of ether oxygens (including phenoxy) is 3. The van der Waals surface area contributed by atoms with Crippen LogP contribution in [0.4, 0.5) is 4.39 Å². The molecule has 7 heteroatoms. The number of benzene rings is 1. The van der Waals surface area contributed by atoms with Crippen molar-refractivity contribution in [1.29, 1.82) is 5.26 Å². The molecule has 1 heterocycles. The molecule has 0 radical (unpaired) electrons. The molecule has 1 aromatic heterocycles. The van der Waals surface area contributed by atoms with Crippen molar-refractivity contribution in [2.45, 2.75) is 46.5 Å². The summed E-state index contributed by atoms with van der Waals surface area (Å²) in [6.45, 7) is 6.66. The van der Waals surface area contributed by atoms with E-state index in [9.17, 15) is 14.4 Å². The number of unbranched alkanes of at least 4 members (excludes halogenated alkanes) is 2. The van der Waals surface area contributed by atoms with Crippen LogP contribution in [0.15, 0.2) is 24.3 Å². The maximum absolute atomic E-state index is 13.4. The minimum atomic E-state index is -0.634. The first kappa shape index (κ1) is 22.3. The molecule has 0 aliphatic rings. The number of hydrogen-bond donors (Lipinski definition) is 0. The van der Waals surface area contributed by atoms with Gasteiger partial charge in [-0.3, -0.25) is 4.57 Å². The van der Waals surface area contributed by atoms with Gasteiger partial charge in [0.15, 0.2) is 22.9 Å². The van der Waals surface area contributed by atoms with Crippen molar-refractivity contribution in [3.63, 3.8) is 0 Å². The minimum Gasteiger partial charge on any atom is -0.487 e. The Kier molecular flexibility index (Phi) is 8.53. The molecule has 1 aromatic carbocycles. The third kappa shape index (κ3) is 5.29. The molecule has 0 aliphatic heterocycles. The number of carbonyl (C=O) groups excluding carboxylic acids is 1. The quantitative estimate of drug-likeness (QED) is 0.390. The van der Waals surface area contributed by atoms with E-state index in [2.05, 4.69) is 6.07 Å². The van der Waals surface area contributed by atoms with Crippen LogP contribution in [-0.2, 0) is 4.74 Å². The highest BCUT2D eigenvalue weighted by molar-refractivity contribution is 5.94. The van der Waals surface area contributed by atoms with E-state index in [1.807, 2.05) is 13.8 Å². The van der Waals surface area contributed by atoms with Crippen LogP contribution in [0.2, 0.25) is 0 Å². The van der Waals surface area contributed by atoms with E-state index in [1.165, 1.54) is 28.8 Å². The standard InChI is InChI=1S/C22H27FN2O4/c1-4-7-13-28-20-18(15-24)25(17-11-9-16(23)10-12-17)19(22(26)27-6-3)21(20)29-14-8-5-2/h9-12H,4-8,13-14H2,1-3H3. The minimum absolute atomic E-state index is 0.0672. The van der Waals surface area contributed by atoms with E-state index >= 15 is 0 Å². The Bertz CT molecular complexity index is 853. The second-order valence-electron chi connectivity index (χ2n) is 6.40. The predicted octanol–water partition coefficient (Wildman–Crippen LogP) is 5.02. The zero-order chi connectivity index (χ0) is 21.2. The molecule has 0 spiro atoms. The molecule has 29 heavy (non-hydrogen) atoms. The average molecular weight is 402 g/mol. The van der Waals surface area contributed by atoms with E-state index in [4.69, 9.17) is 14.2 Å². The van der Waals surface area contributed by atoms with Gasteiger partial charge >= 0.3 is 5.97 Å². The van der Waals surface area contributed by atoms with Gasteiger partial charge in [-0.1, -0.05) is 26.7 Å². The molecule has 0 unspecified atom stereocenters. The molecule has 0 fully saturated rings. The Morgan fingerprint density at radius 3 is 2.14 bits per heavy atom. The third-order valence-corrected chi connectivity index (χ3v) is 4.23. The summed E-state index contributed by atoms with van der Waals surface area (Å²) >= 11 is 0. The number of halogens is 1. The van der Waals surface area contributed by atoms with Crippen LogP contribution in [0.1, 0.15) is 62.6 Å². The fourth-order valence-corrected chi connectivity index (χ4v) is 2.77. The first-order valence-electron chi connectivity index (χ1n) is 9.96. The van der Waals surface area contributed by atoms with E-state index in [0.29, 0.717) is 18.9 Å². The summed E-state index contributed by atoms with van der Waals surface area (Å²) in [5, 5.41) is 9.86. The highest BCUT2D eigenvalue weighted by Crippen LogP contribution is 2.40. The van der Waals surface area contributed by atoms with Crippen molar-refractivity contribution < 1.29 is 23.4 Å². The van der Waals surface area contributed by atoms with E-state index < -0.39 is 11.8 Å². The monoisotopic (exact) mass is 402 g/mol. The van der Waals surface area contributed by atoms with Crippen molar-refractivity contribution >= 4 is 5.97 Å². The number of hydrogen-bond acceptors (Lipinski definition) is 5. The highest BCUT2D eigenvalue weighted by atomic mass is 19.1. The van der Waals surface area contributed by atoms with Crippen LogP contribution in [-0.4, -0.2) is 30.4 Å². The second-order valence-corrected chi connectivity index (χ2v) is 6.40. The normalized spacial score (nSPS) is 10.4. The van der Waals surface area contributed by atoms with Gasteiger partial charge in [-0.15, -0.1) is 0 Å². The Labute approximate surface area is 170 Å². The molecule has 0 N–H and O–H groups in total. The largest absolute Gasteiger partial charge is 0.487 e. The van der Waals surface area contributed by atoms with E-state index in [1.54, 1.807) is 6.92 Å². The van der Waals surface area contributed by atoms with Crippen LogP contribution in [0, 0.1) is 17.1 Å². The Morgan fingerprint density at radius 2 is 1.62 bits per heavy atom. The number of nitriles is 1. The lowest BCUT2D eigenvalue weighted by molar-refractivity contribution is 0.0511. The van der Waals surface area contributed by atoms with Crippen LogP contribution in [0.25, 0.3) is 5.69 Å². The number of rotatable bonds is 11. The lowest BCUT2D eigenvalue weighted by Gasteiger charge is -2.11. The van der Waals surface area contributed by atoms with Gasteiger partial charge in [0.2, 0.25) is 0 Å². The SMILES string of the molecule is CCCCOc1c(OCCCC)c(C(=O)OCC)n(-c2ccc(F)cc2)c1C#N. The van der Waals surface area contributed by atoms with Gasteiger partial charge in [0.05, 0.1) is 19.8 Å². The summed E-state index contributed by atoms with van der Waals surface area (Å²) in [6.07, 6.45) is 3.39. The summed E-state index contributed by atoms with van der Waals surface area (Å²) in [5.41, 5.74) is 0.622. The number of aromatic nitrogens is 1. The lowest BCUT2D eigenvalue weighted by Crippen LogP contribution is -2.14. The molecule has 2 aromatic rings. The van der Waals surface area contributed by atoms with Gasteiger partial charge in [0.25, 0.3) is 0 Å². The van der Waals surface area contributed by atoms with Gasteiger partial charge in [-0.05, 0) is 44.0 Å². The fraction of sp³-hybridized carbons (Fsp3) is 0.455. The van der Waals surface area contributed by atoms with Gasteiger partial charge in [-0.2, -0.15) is 5.26 Å². The van der Waals surface area contributed by atoms with Crippen LogP contribution >= 0.6 is 0 Å². The molecular formula is C22H27FN2O4. The molecule has 6 nitrogen and oxygen atoms in total. The number of esters is 1. The Morgan fingerprint density at radius 1 is 1.03 bits per heavy atom. The van der Waals surface area contributed by atoms with Crippen molar-refractivity contribution in [2.24, 2.45) is 0 Å².